The molecule has 6 heteroatoms. The van der Waals surface area contributed by atoms with Gasteiger partial charge in [-0.1, -0.05) is 11.6 Å². The molecule has 104 valence electrons. The molecule has 0 atom stereocenters. The third kappa shape index (κ3) is 2.49. The standard InChI is InChI=1S/C14H13ClFN3O/c15-11-4-1-9(6-12(11)16)18-14(20)13-5-8(17)7-19(13)10-2-3-10/h1,4-7,10H,2-3,17H2,(H,18,20). The zero-order valence-electron chi connectivity index (χ0n) is 10.6. The Morgan fingerprint density at radius 3 is 2.80 bits per heavy atom. The fourth-order valence-electron chi connectivity index (χ4n) is 2.11. The molecule has 0 radical (unpaired) electrons. The van der Waals surface area contributed by atoms with Crippen LogP contribution in [0, 0.1) is 5.82 Å². The average molecular weight is 294 g/mol. The minimum atomic E-state index is -0.568. The molecule has 1 aromatic heterocycles. The Balaban J connectivity index is 1.84. The molecule has 1 saturated carbocycles. The zero-order chi connectivity index (χ0) is 14.3. The summed E-state index contributed by atoms with van der Waals surface area (Å²) < 4.78 is 15.2. The van der Waals surface area contributed by atoms with Crippen LogP contribution in [0.3, 0.4) is 0 Å². The van der Waals surface area contributed by atoms with Crippen molar-refractivity contribution in [1.82, 2.24) is 4.57 Å². The van der Waals surface area contributed by atoms with Gasteiger partial charge in [-0.3, -0.25) is 4.79 Å². The highest BCUT2D eigenvalue weighted by molar-refractivity contribution is 6.30. The van der Waals surface area contributed by atoms with Crippen LogP contribution in [0.5, 0.6) is 0 Å². The Labute approximate surface area is 120 Å². The third-order valence-corrected chi connectivity index (χ3v) is 3.53. The minimum Gasteiger partial charge on any atom is -0.397 e. The highest BCUT2D eigenvalue weighted by Gasteiger charge is 2.27. The van der Waals surface area contributed by atoms with Gasteiger partial charge in [0.15, 0.2) is 0 Å². The Hall–Kier alpha value is -2.01. The van der Waals surface area contributed by atoms with Crippen molar-refractivity contribution >= 4 is 28.9 Å². The number of halogens is 2. The number of anilines is 2. The third-order valence-electron chi connectivity index (χ3n) is 3.22. The molecule has 2 aromatic rings. The number of hydrogen-bond acceptors (Lipinski definition) is 2. The molecule has 0 aliphatic heterocycles. The number of hydrogen-bond donors (Lipinski definition) is 2. The number of nitrogens with two attached hydrogens (primary N) is 1. The molecule has 0 spiro atoms. The number of benzene rings is 1. The normalized spacial score (nSPS) is 14.3. The van der Waals surface area contributed by atoms with E-state index in [9.17, 15) is 9.18 Å². The van der Waals surface area contributed by atoms with E-state index in [4.69, 9.17) is 17.3 Å². The monoisotopic (exact) mass is 293 g/mol. The number of nitrogen functional groups attached to an aromatic ring is 1. The SMILES string of the molecule is Nc1cc(C(=O)Nc2ccc(Cl)c(F)c2)n(C2CC2)c1. The van der Waals surface area contributed by atoms with Gasteiger partial charge in [-0.05, 0) is 37.1 Å². The summed E-state index contributed by atoms with van der Waals surface area (Å²) in [6.45, 7) is 0. The first-order valence-corrected chi connectivity index (χ1v) is 6.66. The van der Waals surface area contributed by atoms with Gasteiger partial charge in [0.1, 0.15) is 11.5 Å². The Morgan fingerprint density at radius 1 is 1.40 bits per heavy atom. The summed E-state index contributed by atoms with van der Waals surface area (Å²) in [7, 11) is 0. The topological polar surface area (TPSA) is 60.1 Å². The van der Waals surface area contributed by atoms with Crippen LogP contribution in [0.15, 0.2) is 30.5 Å². The number of nitrogens with zero attached hydrogens (tertiary/aromatic N) is 1. The van der Waals surface area contributed by atoms with E-state index in [2.05, 4.69) is 5.32 Å². The molecule has 20 heavy (non-hydrogen) atoms. The van der Waals surface area contributed by atoms with Crippen molar-refractivity contribution in [2.75, 3.05) is 11.1 Å². The Kier molecular flexibility index (Phi) is 3.14. The summed E-state index contributed by atoms with van der Waals surface area (Å²) in [5.74, 6) is -0.878. The predicted octanol–water partition coefficient (Wildman–Crippen LogP) is 3.45. The van der Waals surface area contributed by atoms with Crippen LogP contribution in [-0.2, 0) is 0 Å². The van der Waals surface area contributed by atoms with Gasteiger partial charge in [-0.15, -0.1) is 0 Å². The number of carbonyl (C=O) groups excluding carboxylic acids is 1. The first kappa shape index (κ1) is 13.0. The number of carbonyl (C=O) groups is 1. The second kappa shape index (κ2) is 4.83. The summed E-state index contributed by atoms with van der Waals surface area (Å²) in [5, 5.41) is 2.67. The summed E-state index contributed by atoms with van der Waals surface area (Å²) >= 11 is 5.60. The highest BCUT2D eigenvalue weighted by atomic mass is 35.5. The van der Waals surface area contributed by atoms with Gasteiger partial charge in [0.25, 0.3) is 5.91 Å². The molecule has 1 heterocycles. The molecule has 0 bridgehead atoms. The molecular formula is C14H13ClFN3O. The van der Waals surface area contributed by atoms with Crippen LogP contribution < -0.4 is 11.1 Å². The first-order chi connectivity index (χ1) is 9.54. The minimum absolute atomic E-state index is 0.0219. The quantitative estimate of drug-likeness (QED) is 0.910. The lowest BCUT2D eigenvalue weighted by Crippen LogP contribution is -2.16. The molecule has 1 aliphatic carbocycles. The van der Waals surface area contributed by atoms with E-state index in [1.54, 1.807) is 18.3 Å². The molecule has 1 fully saturated rings. The van der Waals surface area contributed by atoms with Crippen LogP contribution in [0.2, 0.25) is 5.02 Å². The fourth-order valence-corrected chi connectivity index (χ4v) is 2.22. The second-order valence-corrected chi connectivity index (χ2v) is 5.29. The van der Waals surface area contributed by atoms with Gasteiger partial charge in [-0.2, -0.15) is 0 Å². The maximum atomic E-state index is 13.3. The molecule has 0 saturated heterocycles. The average Bonchev–Trinajstić information content (AvgIpc) is 3.17. The molecular weight excluding hydrogens is 281 g/mol. The van der Waals surface area contributed by atoms with E-state index in [1.807, 2.05) is 4.57 Å². The van der Waals surface area contributed by atoms with E-state index in [0.717, 1.165) is 12.8 Å². The van der Waals surface area contributed by atoms with Crippen LogP contribution >= 0.6 is 11.6 Å². The number of aromatic nitrogens is 1. The van der Waals surface area contributed by atoms with Crippen molar-refractivity contribution in [3.05, 3.63) is 47.0 Å². The lowest BCUT2D eigenvalue weighted by Gasteiger charge is -2.09. The van der Waals surface area contributed by atoms with Crippen molar-refractivity contribution in [3.63, 3.8) is 0 Å². The first-order valence-electron chi connectivity index (χ1n) is 6.28. The van der Waals surface area contributed by atoms with E-state index in [1.165, 1.54) is 12.1 Å². The molecule has 1 aromatic carbocycles. The molecule has 0 unspecified atom stereocenters. The lowest BCUT2D eigenvalue weighted by molar-refractivity contribution is 0.101. The van der Waals surface area contributed by atoms with E-state index in [-0.39, 0.29) is 10.9 Å². The van der Waals surface area contributed by atoms with Crippen molar-refractivity contribution in [2.24, 2.45) is 0 Å². The second-order valence-electron chi connectivity index (χ2n) is 4.88. The number of nitrogens with one attached hydrogen (secondary N) is 1. The molecule has 1 amide bonds. The van der Waals surface area contributed by atoms with Crippen LogP contribution in [0.1, 0.15) is 29.4 Å². The van der Waals surface area contributed by atoms with Gasteiger partial charge in [0.05, 0.1) is 10.7 Å². The van der Waals surface area contributed by atoms with Crippen LogP contribution in [0.4, 0.5) is 15.8 Å². The summed E-state index contributed by atoms with van der Waals surface area (Å²) in [6.07, 6.45) is 3.85. The lowest BCUT2D eigenvalue weighted by atomic mass is 10.3. The van der Waals surface area contributed by atoms with Crippen molar-refractivity contribution in [1.29, 1.82) is 0 Å². The van der Waals surface area contributed by atoms with Gasteiger partial charge >= 0.3 is 0 Å². The van der Waals surface area contributed by atoms with E-state index in [0.29, 0.717) is 23.1 Å². The Morgan fingerprint density at radius 2 is 2.15 bits per heavy atom. The maximum Gasteiger partial charge on any atom is 0.272 e. The van der Waals surface area contributed by atoms with Crippen LogP contribution in [0.25, 0.3) is 0 Å². The van der Waals surface area contributed by atoms with Gasteiger partial charge in [0, 0.05) is 17.9 Å². The van der Waals surface area contributed by atoms with E-state index < -0.39 is 5.82 Å². The fraction of sp³-hybridized carbons (Fsp3) is 0.214. The molecule has 1 aliphatic rings. The summed E-state index contributed by atoms with van der Waals surface area (Å²) in [4.78, 5) is 12.2. The largest absolute Gasteiger partial charge is 0.397 e. The van der Waals surface area contributed by atoms with Crippen molar-refractivity contribution in [3.8, 4) is 0 Å². The number of amides is 1. The van der Waals surface area contributed by atoms with Crippen molar-refractivity contribution in [2.45, 2.75) is 18.9 Å². The highest BCUT2D eigenvalue weighted by Crippen LogP contribution is 2.37. The van der Waals surface area contributed by atoms with E-state index >= 15 is 0 Å². The molecule has 4 nitrogen and oxygen atoms in total. The van der Waals surface area contributed by atoms with Gasteiger partial charge in [0.2, 0.25) is 0 Å². The predicted molar refractivity (Wildman–Crippen MR) is 76.5 cm³/mol. The van der Waals surface area contributed by atoms with Crippen LogP contribution in [-0.4, -0.2) is 10.5 Å². The maximum absolute atomic E-state index is 13.3. The summed E-state index contributed by atoms with van der Waals surface area (Å²) in [5.41, 5.74) is 7.13. The summed E-state index contributed by atoms with van der Waals surface area (Å²) in [6, 6.07) is 6.11. The molecule has 3 N–H and O–H groups in total. The zero-order valence-corrected chi connectivity index (χ0v) is 11.3. The molecule has 3 rings (SSSR count). The van der Waals surface area contributed by atoms with Crippen molar-refractivity contribution < 1.29 is 9.18 Å². The number of rotatable bonds is 3. The van der Waals surface area contributed by atoms with Gasteiger partial charge in [-0.25, -0.2) is 4.39 Å². The van der Waals surface area contributed by atoms with Gasteiger partial charge < -0.3 is 15.6 Å². The smallest absolute Gasteiger partial charge is 0.272 e. The Bertz CT molecular complexity index is 679.